The molecule has 2 saturated heterocycles. The summed E-state index contributed by atoms with van der Waals surface area (Å²) in [4.78, 5) is 7.55. The molecule has 0 amide bonds. The van der Waals surface area contributed by atoms with Crippen molar-refractivity contribution in [3.05, 3.63) is 0 Å². The topological polar surface area (TPSA) is 9.72 Å². The summed E-state index contributed by atoms with van der Waals surface area (Å²) in [6, 6.07) is 0. The van der Waals surface area contributed by atoms with Gasteiger partial charge in [0.05, 0.1) is 0 Å². The van der Waals surface area contributed by atoms with Crippen LogP contribution in [0.3, 0.4) is 0 Å². The Morgan fingerprint density at radius 3 is 2.06 bits per heavy atom. The summed E-state index contributed by atoms with van der Waals surface area (Å²) in [6.45, 7) is 9.05. The fourth-order valence-electron chi connectivity index (χ4n) is 3.03. The van der Waals surface area contributed by atoms with Crippen LogP contribution in [0.1, 0.15) is 25.7 Å². The highest BCUT2D eigenvalue weighted by atomic mass is 15.2. The van der Waals surface area contributed by atoms with Gasteiger partial charge in [-0.15, -0.1) is 0 Å². The zero-order valence-corrected chi connectivity index (χ0v) is 11.7. The summed E-state index contributed by atoms with van der Waals surface area (Å²) in [5.41, 5.74) is 0. The van der Waals surface area contributed by atoms with E-state index in [1.807, 2.05) is 0 Å². The average Bonchev–Trinajstić information content (AvgIpc) is 2.34. The van der Waals surface area contributed by atoms with Crippen molar-refractivity contribution in [2.24, 2.45) is 5.92 Å². The lowest BCUT2D eigenvalue weighted by Gasteiger charge is -2.33. The Labute approximate surface area is 107 Å². The molecule has 0 spiro atoms. The Morgan fingerprint density at radius 1 is 0.824 bits per heavy atom. The second-order valence-electron chi connectivity index (χ2n) is 6.03. The maximum absolute atomic E-state index is 2.65. The maximum atomic E-state index is 2.65. The molecular weight excluding hydrogens is 210 g/mol. The van der Waals surface area contributed by atoms with Gasteiger partial charge in [0.15, 0.2) is 0 Å². The lowest BCUT2D eigenvalue weighted by atomic mass is 9.92. The first-order valence-corrected chi connectivity index (χ1v) is 7.33. The minimum atomic E-state index is 1.01. The molecule has 0 atom stereocenters. The zero-order chi connectivity index (χ0) is 12.1. The summed E-state index contributed by atoms with van der Waals surface area (Å²) in [5.74, 6) is 1.01. The zero-order valence-electron chi connectivity index (χ0n) is 11.7. The third-order valence-electron chi connectivity index (χ3n) is 4.52. The molecule has 0 aliphatic carbocycles. The van der Waals surface area contributed by atoms with Gasteiger partial charge in [-0.1, -0.05) is 0 Å². The number of likely N-dealkylation sites (tertiary alicyclic amines) is 1. The lowest BCUT2D eigenvalue weighted by Crippen LogP contribution is -2.44. The van der Waals surface area contributed by atoms with Crippen LogP contribution in [0.5, 0.6) is 0 Å². The molecular formula is C14H29N3. The van der Waals surface area contributed by atoms with Gasteiger partial charge in [0.2, 0.25) is 0 Å². The van der Waals surface area contributed by atoms with Crippen molar-refractivity contribution in [3.63, 3.8) is 0 Å². The van der Waals surface area contributed by atoms with E-state index in [9.17, 15) is 0 Å². The first-order chi connectivity index (χ1) is 8.24. The van der Waals surface area contributed by atoms with Crippen molar-refractivity contribution in [2.75, 3.05) is 59.9 Å². The van der Waals surface area contributed by atoms with Crippen molar-refractivity contribution in [1.29, 1.82) is 0 Å². The smallest absolute Gasteiger partial charge is 0.0110 e. The van der Waals surface area contributed by atoms with Gasteiger partial charge < -0.3 is 14.7 Å². The van der Waals surface area contributed by atoms with Crippen molar-refractivity contribution >= 4 is 0 Å². The van der Waals surface area contributed by atoms with Crippen molar-refractivity contribution in [3.8, 4) is 0 Å². The predicted molar refractivity (Wildman–Crippen MR) is 73.4 cm³/mol. The Bertz CT molecular complexity index is 182. The number of likely N-dealkylation sites (N-methyl/N-ethyl adjacent to an activating group) is 1. The number of hydrogen-bond donors (Lipinski definition) is 0. The Hall–Kier alpha value is -0.120. The maximum Gasteiger partial charge on any atom is 0.0110 e. The highest BCUT2D eigenvalue weighted by molar-refractivity contribution is 4.72. The number of piperidine rings is 1. The van der Waals surface area contributed by atoms with Crippen LogP contribution in [0.4, 0.5) is 0 Å². The van der Waals surface area contributed by atoms with Gasteiger partial charge in [0.1, 0.15) is 0 Å². The summed E-state index contributed by atoms with van der Waals surface area (Å²) in [7, 11) is 4.48. The number of piperazine rings is 1. The SMILES string of the molecule is CN1CCC(CCCN2CCN(C)CC2)CC1. The second-order valence-corrected chi connectivity index (χ2v) is 6.03. The molecule has 2 aliphatic heterocycles. The molecule has 0 N–H and O–H groups in total. The molecule has 2 aliphatic rings. The standard InChI is InChI=1S/C14H29N3/c1-15-8-5-14(6-9-15)4-3-7-17-12-10-16(2)11-13-17/h14H,3-13H2,1-2H3. The van der Waals surface area contributed by atoms with E-state index >= 15 is 0 Å². The van der Waals surface area contributed by atoms with E-state index in [-0.39, 0.29) is 0 Å². The molecule has 3 heteroatoms. The fourth-order valence-corrected chi connectivity index (χ4v) is 3.03. The molecule has 0 saturated carbocycles. The van der Waals surface area contributed by atoms with E-state index < -0.39 is 0 Å². The van der Waals surface area contributed by atoms with Crippen molar-refractivity contribution in [1.82, 2.24) is 14.7 Å². The number of hydrogen-bond acceptors (Lipinski definition) is 3. The summed E-state index contributed by atoms with van der Waals surface area (Å²) in [5, 5.41) is 0. The van der Waals surface area contributed by atoms with Gasteiger partial charge >= 0.3 is 0 Å². The third kappa shape index (κ3) is 4.57. The number of rotatable bonds is 4. The molecule has 17 heavy (non-hydrogen) atoms. The van der Waals surface area contributed by atoms with Gasteiger partial charge in [-0.3, -0.25) is 0 Å². The lowest BCUT2D eigenvalue weighted by molar-refractivity contribution is 0.145. The largest absolute Gasteiger partial charge is 0.306 e. The van der Waals surface area contributed by atoms with Crippen LogP contribution in [0.15, 0.2) is 0 Å². The molecule has 3 nitrogen and oxygen atoms in total. The molecule has 0 aromatic heterocycles. The molecule has 0 bridgehead atoms. The van der Waals surface area contributed by atoms with E-state index in [4.69, 9.17) is 0 Å². The first-order valence-electron chi connectivity index (χ1n) is 7.33. The molecule has 0 unspecified atom stereocenters. The van der Waals surface area contributed by atoms with Crippen LogP contribution in [-0.2, 0) is 0 Å². The number of nitrogens with zero attached hydrogens (tertiary/aromatic N) is 3. The normalized spacial score (nSPS) is 26.5. The predicted octanol–water partition coefficient (Wildman–Crippen LogP) is 1.36. The van der Waals surface area contributed by atoms with Gasteiger partial charge in [0, 0.05) is 26.2 Å². The van der Waals surface area contributed by atoms with E-state index in [1.165, 1.54) is 71.5 Å². The minimum Gasteiger partial charge on any atom is -0.306 e. The highest BCUT2D eigenvalue weighted by Crippen LogP contribution is 2.21. The van der Waals surface area contributed by atoms with Crippen molar-refractivity contribution < 1.29 is 0 Å². The van der Waals surface area contributed by atoms with Crippen LogP contribution < -0.4 is 0 Å². The van der Waals surface area contributed by atoms with Crippen LogP contribution >= 0.6 is 0 Å². The first kappa shape index (κ1) is 13.3. The molecule has 2 rings (SSSR count). The van der Waals surface area contributed by atoms with Gasteiger partial charge in [-0.25, -0.2) is 0 Å². The van der Waals surface area contributed by atoms with E-state index in [0.29, 0.717) is 0 Å². The average molecular weight is 239 g/mol. The van der Waals surface area contributed by atoms with E-state index in [2.05, 4.69) is 28.8 Å². The Morgan fingerprint density at radius 2 is 1.41 bits per heavy atom. The van der Waals surface area contributed by atoms with Crippen molar-refractivity contribution in [2.45, 2.75) is 25.7 Å². The van der Waals surface area contributed by atoms with Gasteiger partial charge in [-0.05, 0) is 65.3 Å². The monoisotopic (exact) mass is 239 g/mol. The molecule has 2 heterocycles. The molecule has 0 radical (unpaired) electrons. The molecule has 100 valence electrons. The fraction of sp³-hybridized carbons (Fsp3) is 1.00. The van der Waals surface area contributed by atoms with Crippen LogP contribution in [0.2, 0.25) is 0 Å². The molecule has 0 aromatic rings. The summed E-state index contributed by atoms with van der Waals surface area (Å²) >= 11 is 0. The van der Waals surface area contributed by atoms with Gasteiger partial charge in [0.25, 0.3) is 0 Å². The van der Waals surface area contributed by atoms with Crippen LogP contribution in [0, 0.1) is 5.92 Å². The molecule has 2 fully saturated rings. The molecule has 0 aromatic carbocycles. The third-order valence-corrected chi connectivity index (χ3v) is 4.52. The summed E-state index contributed by atoms with van der Waals surface area (Å²) in [6.07, 6.45) is 5.73. The second kappa shape index (κ2) is 6.72. The van der Waals surface area contributed by atoms with Gasteiger partial charge in [-0.2, -0.15) is 0 Å². The van der Waals surface area contributed by atoms with E-state index in [0.717, 1.165) is 5.92 Å². The quantitative estimate of drug-likeness (QED) is 0.733. The van der Waals surface area contributed by atoms with Crippen LogP contribution in [-0.4, -0.2) is 74.6 Å². The van der Waals surface area contributed by atoms with Crippen LogP contribution in [0.25, 0.3) is 0 Å². The highest BCUT2D eigenvalue weighted by Gasteiger charge is 2.17. The minimum absolute atomic E-state index is 1.01. The summed E-state index contributed by atoms with van der Waals surface area (Å²) < 4.78 is 0. The Kier molecular flexibility index (Phi) is 5.26. The van der Waals surface area contributed by atoms with E-state index in [1.54, 1.807) is 0 Å². The Balaban J connectivity index is 1.54.